The van der Waals surface area contributed by atoms with E-state index in [2.05, 4.69) is 15.0 Å². The molecule has 1 aromatic heterocycles. The third-order valence-electron chi connectivity index (χ3n) is 4.42. The molecule has 3 atom stereocenters. The molecule has 1 aromatic rings. The fourth-order valence-electron chi connectivity index (χ4n) is 3.40. The lowest BCUT2D eigenvalue weighted by atomic mass is 9.79. The van der Waals surface area contributed by atoms with Gasteiger partial charge in [-0.1, -0.05) is 5.16 Å². The van der Waals surface area contributed by atoms with Crippen LogP contribution >= 0.6 is 0 Å². The standard InChI is InChI=1S/C12H19N3O3/c1-17-12-3-2-9(16)6-10(12)15(5-4-12)7-11-13-8-18-14-11/h8-10,16H,2-7H2,1H3/t9-,10-,12+/m1/s1. The van der Waals surface area contributed by atoms with E-state index < -0.39 is 0 Å². The Hall–Kier alpha value is -0.980. The molecule has 18 heavy (non-hydrogen) atoms. The summed E-state index contributed by atoms with van der Waals surface area (Å²) >= 11 is 0. The van der Waals surface area contributed by atoms with Crippen molar-refractivity contribution >= 4 is 0 Å². The zero-order chi connectivity index (χ0) is 12.6. The van der Waals surface area contributed by atoms with Crippen molar-refractivity contribution in [2.75, 3.05) is 13.7 Å². The lowest BCUT2D eigenvalue weighted by Crippen LogP contribution is -2.51. The highest BCUT2D eigenvalue weighted by atomic mass is 16.5. The van der Waals surface area contributed by atoms with Crippen LogP contribution in [0.3, 0.4) is 0 Å². The second-order valence-corrected chi connectivity index (χ2v) is 5.28. The summed E-state index contributed by atoms with van der Waals surface area (Å²) in [6.45, 7) is 1.62. The Bertz CT molecular complexity index is 397. The van der Waals surface area contributed by atoms with Crippen LogP contribution in [0.4, 0.5) is 0 Å². The van der Waals surface area contributed by atoms with Gasteiger partial charge in [-0.15, -0.1) is 0 Å². The molecule has 2 aliphatic rings. The van der Waals surface area contributed by atoms with Crippen LogP contribution in [-0.2, 0) is 11.3 Å². The minimum absolute atomic E-state index is 0.0943. The molecule has 0 unspecified atom stereocenters. The summed E-state index contributed by atoms with van der Waals surface area (Å²) in [4.78, 5) is 6.36. The van der Waals surface area contributed by atoms with Crippen molar-refractivity contribution in [3.05, 3.63) is 12.2 Å². The van der Waals surface area contributed by atoms with Gasteiger partial charge in [-0.3, -0.25) is 4.90 Å². The number of methoxy groups -OCH3 is 1. The molecule has 0 bridgehead atoms. The maximum Gasteiger partial charge on any atom is 0.213 e. The van der Waals surface area contributed by atoms with Gasteiger partial charge in [0.25, 0.3) is 0 Å². The molecule has 2 heterocycles. The Balaban J connectivity index is 1.76. The van der Waals surface area contributed by atoms with Crippen LogP contribution in [0.25, 0.3) is 0 Å². The zero-order valence-electron chi connectivity index (χ0n) is 10.6. The zero-order valence-corrected chi connectivity index (χ0v) is 10.6. The van der Waals surface area contributed by atoms with Crippen LogP contribution in [0.2, 0.25) is 0 Å². The fourth-order valence-corrected chi connectivity index (χ4v) is 3.40. The van der Waals surface area contributed by atoms with Crippen LogP contribution in [0.15, 0.2) is 10.9 Å². The van der Waals surface area contributed by atoms with Crippen molar-refractivity contribution in [2.24, 2.45) is 0 Å². The Morgan fingerprint density at radius 3 is 3.22 bits per heavy atom. The maximum absolute atomic E-state index is 9.88. The quantitative estimate of drug-likeness (QED) is 0.849. The number of aliphatic hydroxyl groups is 1. The van der Waals surface area contributed by atoms with E-state index in [0.717, 1.165) is 32.2 Å². The number of aliphatic hydroxyl groups excluding tert-OH is 1. The van der Waals surface area contributed by atoms with E-state index in [4.69, 9.17) is 9.26 Å². The van der Waals surface area contributed by atoms with Crippen LogP contribution < -0.4 is 0 Å². The minimum atomic E-state index is -0.218. The summed E-state index contributed by atoms with van der Waals surface area (Å²) in [7, 11) is 1.78. The van der Waals surface area contributed by atoms with Crippen molar-refractivity contribution in [2.45, 2.75) is 50.0 Å². The molecule has 3 rings (SSSR count). The molecule has 0 spiro atoms. The smallest absolute Gasteiger partial charge is 0.213 e. The lowest BCUT2D eigenvalue weighted by Gasteiger charge is -2.42. The Morgan fingerprint density at radius 2 is 2.50 bits per heavy atom. The molecule has 1 aliphatic carbocycles. The van der Waals surface area contributed by atoms with E-state index >= 15 is 0 Å². The molecule has 1 N–H and O–H groups in total. The number of aromatic nitrogens is 2. The van der Waals surface area contributed by atoms with Gasteiger partial charge >= 0.3 is 0 Å². The summed E-state index contributed by atoms with van der Waals surface area (Å²) in [5.74, 6) is 0.696. The Labute approximate surface area is 106 Å². The molecule has 0 amide bonds. The van der Waals surface area contributed by atoms with Gasteiger partial charge in [0.05, 0.1) is 18.2 Å². The van der Waals surface area contributed by atoms with E-state index in [1.165, 1.54) is 6.39 Å². The first-order chi connectivity index (χ1) is 8.73. The average Bonchev–Trinajstić information content (AvgIpc) is 3.00. The number of fused-ring (bicyclic) bond motifs is 1. The van der Waals surface area contributed by atoms with Gasteiger partial charge in [0.1, 0.15) is 0 Å². The van der Waals surface area contributed by atoms with Crippen LogP contribution in [0.5, 0.6) is 0 Å². The van der Waals surface area contributed by atoms with E-state index in [-0.39, 0.29) is 17.7 Å². The molecule has 1 saturated heterocycles. The second kappa shape index (κ2) is 4.60. The van der Waals surface area contributed by atoms with Crippen LogP contribution in [-0.4, -0.2) is 51.5 Å². The highest BCUT2D eigenvalue weighted by Gasteiger charge is 2.50. The van der Waals surface area contributed by atoms with Crippen molar-refractivity contribution < 1.29 is 14.4 Å². The number of ether oxygens (including phenoxy) is 1. The monoisotopic (exact) mass is 253 g/mol. The molecule has 100 valence electrons. The molecule has 1 saturated carbocycles. The molecular weight excluding hydrogens is 234 g/mol. The third-order valence-corrected chi connectivity index (χ3v) is 4.42. The fraction of sp³-hybridized carbons (Fsp3) is 0.833. The molecule has 2 fully saturated rings. The van der Waals surface area contributed by atoms with E-state index in [1.54, 1.807) is 7.11 Å². The minimum Gasteiger partial charge on any atom is -0.393 e. The highest BCUT2D eigenvalue weighted by molar-refractivity contribution is 5.05. The number of hydrogen-bond donors (Lipinski definition) is 1. The lowest BCUT2D eigenvalue weighted by molar-refractivity contribution is -0.0882. The summed E-state index contributed by atoms with van der Waals surface area (Å²) < 4.78 is 10.5. The number of hydrogen-bond acceptors (Lipinski definition) is 6. The summed E-state index contributed by atoms with van der Waals surface area (Å²) in [5, 5.41) is 13.7. The van der Waals surface area contributed by atoms with Gasteiger partial charge < -0.3 is 14.4 Å². The number of nitrogens with zero attached hydrogens (tertiary/aromatic N) is 3. The summed E-state index contributed by atoms with van der Waals surface area (Å²) in [6, 6.07) is 0.254. The van der Waals surface area contributed by atoms with Crippen molar-refractivity contribution in [3.63, 3.8) is 0 Å². The number of likely N-dealkylation sites (tertiary alicyclic amines) is 1. The molecule has 0 radical (unpaired) electrons. The Morgan fingerprint density at radius 1 is 1.61 bits per heavy atom. The van der Waals surface area contributed by atoms with Gasteiger partial charge in [0, 0.05) is 19.7 Å². The predicted molar refractivity (Wildman–Crippen MR) is 62.7 cm³/mol. The molecular formula is C12H19N3O3. The van der Waals surface area contributed by atoms with Crippen molar-refractivity contribution in [1.29, 1.82) is 0 Å². The van der Waals surface area contributed by atoms with E-state index in [0.29, 0.717) is 12.4 Å². The van der Waals surface area contributed by atoms with Crippen molar-refractivity contribution in [3.8, 4) is 0 Å². The highest BCUT2D eigenvalue weighted by Crippen LogP contribution is 2.42. The van der Waals surface area contributed by atoms with E-state index in [9.17, 15) is 5.11 Å². The molecule has 6 heteroatoms. The number of rotatable bonds is 3. The van der Waals surface area contributed by atoms with Crippen LogP contribution in [0, 0.1) is 0 Å². The maximum atomic E-state index is 9.88. The van der Waals surface area contributed by atoms with Gasteiger partial charge in [0.2, 0.25) is 6.39 Å². The van der Waals surface area contributed by atoms with Crippen LogP contribution in [0.1, 0.15) is 31.5 Å². The second-order valence-electron chi connectivity index (χ2n) is 5.28. The average molecular weight is 253 g/mol. The first-order valence-corrected chi connectivity index (χ1v) is 6.46. The van der Waals surface area contributed by atoms with Gasteiger partial charge in [-0.2, -0.15) is 4.98 Å². The van der Waals surface area contributed by atoms with Gasteiger partial charge in [-0.25, -0.2) is 0 Å². The largest absolute Gasteiger partial charge is 0.393 e. The normalized spacial score (nSPS) is 36.8. The van der Waals surface area contributed by atoms with Crippen molar-refractivity contribution in [1.82, 2.24) is 15.0 Å². The molecule has 1 aliphatic heterocycles. The predicted octanol–water partition coefficient (Wildman–Crippen LogP) is 0.574. The first-order valence-electron chi connectivity index (χ1n) is 6.46. The SMILES string of the molecule is CO[C@]12CC[C@@H](O)C[C@H]1N(Cc1ncon1)CC2. The van der Waals surface area contributed by atoms with E-state index in [1.807, 2.05) is 0 Å². The third kappa shape index (κ3) is 1.94. The van der Waals surface area contributed by atoms with Gasteiger partial charge in [-0.05, 0) is 25.7 Å². The molecule has 0 aromatic carbocycles. The topological polar surface area (TPSA) is 71.6 Å². The first kappa shape index (κ1) is 12.1. The molecule has 6 nitrogen and oxygen atoms in total. The summed E-state index contributed by atoms with van der Waals surface area (Å²) in [6.07, 6.45) is 4.68. The summed E-state index contributed by atoms with van der Waals surface area (Å²) in [5.41, 5.74) is -0.0943. The van der Waals surface area contributed by atoms with Gasteiger partial charge in [0.15, 0.2) is 5.82 Å². The Kier molecular flexibility index (Phi) is 3.09.